The molecule has 0 bridgehead atoms. The number of rotatable bonds is 3. The summed E-state index contributed by atoms with van der Waals surface area (Å²) in [6.45, 7) is 6.08. The quantitative estimate of drug-likeness (QED) is 0.733. The van der Waals surface area contributed by atoms with Gasteiger partial charge in [-0.3, -0.25) is 9.69 Å². The average molecular weight is 300 g/mol. The van der Waals surface area contributed by atoms with Crippen LogP contribution >= 0.6 is 11.3 Å². The number of aromatic nitrogens is 1. The van der Waals surface area contributed by atoms with E-state index in [-0.39, 0.29) is 5.91 Å². The van der Waals surface area contributed by atoms with E-state index in [1.165, 1.54) is 11.1 Å². The Morgan fingerprint density at radius 3 is 2.86 bits per heavy atom. The molecule has 4 nitrogen and oxygen atoms in total. The normalized spacial score (nSPS) is 11.0. The molecular weight excluding hydrogens is 284 g/mol. The number of anilines is 1. The van der Waals surface area contributed by atoms with Gasteiger partial charge in [-0.1, -0.05) is 17.4 Å². The highest BCUT2D eigenvalue weighted by atomic mass is 32.1. The van der Waals surface area contributed by atoms with Crippen molar-refractivity contribution in [1.82, 2.24) is 4.98 Å². The molecule has 3 aromatic rings. The number of hydrogen-bond acceptors (Lipinski definition) is 4. The zero-order valence-electron chi connectivity index (χ0n) is 12.2. The molecular formula is C16H16N2O2S. The van der Waals surface area contributed by atoms with Crippen molar-refractivity contribution in [3.8, 4) is 0 Å². The molecule has 0 fully saturated rings. The predicted molar refractivity (Wildman–Crippen MR) is 84.7 cm³/mol. The van der Waals surface area contributed by atoms with Crippen LogP contribution in [0.4, 0.5) is 5.13 Å². The van der Waals surface area contributed by atoms with Gasteiger partial charge >= 0.3 is 0 Å². The minimum Gasteiger partial charge on any atom is -0.467 e. The van der Waals surface area contributed by atoms with Crippen LogP contribution in [0.1, 0.15) is 23.8 Å². The van der Waals surface area contributed by atoms with Gasteiger partial charge in [0.05, 0.1) is 23.0 Å². The monoisotopic (exact) mass is 300 g/mol. The molecule has 0 aliphatic heterocycles. The van der Waals surface area contributed by atoms with Crippen molar-refractivity contribution in [1.29, 1.82) is 0 Å². The fraction of sp³-hybridized carbons (Fsp3) is 0.250. The van der Waals surface area contributed by atoms with E-state index in [2.05, 4.69) is 24.9 Å². The lowest BCUT2D eigenvalue weighted by atomic mass is 10.1. The molecule has 2 aromatic heterocycles. The Kier molecular flexibility index (Phi) is 3.51. The van der Waals surface area contributed by atoms with E-state index < -0.39 is 0 Å². The summed E-state index contributed by atoms with van der Waals surface area (Å²) in [7, 11) is 0. The van der Waals surface area contributed by atoms with Crippen LogP contribution in [0.5, 0.6) is 0 Å². The highest BCUT2D eigenvalue weighted by molar-refractivity contribution is 7.22. The molecule has 0 saturated heterocycles. The summed E-state index contributed by atoms with van der Waals surface area (Å²) < 4.78 is 6.46. The third-order valence-electron chi connectivity index (χ3n) is 3.31. The molecule has 2 heterocycles. The van der Waals surface area contributed by atoms with Crippen LogP contribution in [0, 0.1) is 13.8 Å². The predicted octanol–water partition coefficient (Wildman–Crippen LogP) is 4.06. The number of furan rings is 1. The summed E-state index contributed by atoms with van der Waals surface area (Å²) in [5, 5.41) is 0.711. The maximum Gasteiger partial charge on any atom is 0.226 e. The van der Waals surface area contributed by atoms with Crippen LogP contribution < -0.4 is 4.90 Å². The molecule has 1 amide bonds. The topological polar surface area (TPSA) is 46.3 Å². The number of fused-ring (bicyclic) bond motifs is 1. The second kappa shape index (κ2) is 5.33. The van der Waals surface area contributed by atoms with E-state index in [9.17, 15) is 4.79 Å². The Balaban J connectivity index is 2.03. The molecule has 0 aliphatic rings. The zero-order chi connectivity index (χ0) is 15.0. The smallest absolute Gasteiger partial charge is 0.226 e. The van der Waals surface area contributed by atoms with Gasteiger partial charge in [0.15, 0.2) is 5.13 Å². The van der Waals surface area contributed by atoms with E-state index in [4.69, 9.17) is 4.42 Å². The van der Waals surface area contributed by atoms with E-state index in [0.717, 1.165) is 16.0 Å². The van der Waals surface area contributed by atoms with Crippen molar-refractivity contribution in [3.05, 3.63) is 47.4 Å². The van der Waals surface area contributed by atoms with Gasteiger partial charge in [0.2, 0.25) is 5.91 Å². The fourth-order valence-corrected chi connectivity index (χ4v) is 3.41. The van der Waals surface area contributed by atoms with E-state index in [1.807, 2.05) is 18.2 Å². The molecule has 5 heteroatoms. The number of amides is 1. The molecule has 1 aromatic carbocycles. The van der Waals surface area contributed by atoms with E-state index >= 15 is 0 Å². The highest BCUT2D eigenvalue weighted by Crippen LogP contribution is 2.32. The lowest BCUT2D eigenvalue weighted by Gasteiger charge is -2.15. The largest absolute Gasteiger partial charge is 0.467 e. The van der Waals surface area contributed by atoms with E-state index in [1.54, 1.807) is 29.4 Å². The van der Waals surface area contributed by atoms with Gasteiger partial charge in [-0.2, -0.15) is 0 Å². The minimum absolute atomic E-state index is 0.0418. The lowest BCUT2D eigenvalue weighted by Crippen LogP contribution is -2.27. The second-order valence-electron chi connectivity index (χ2n) is 5.11. The first-order chi connectivity index (χ1) is 10.0. The van der Waals surface area contributed by atoms with Crippen molar-refractivity contribution >= 4 is 32.6 Å². The number of hydrogen-bond donors (Lipinski definition) is 0. The Labute approximate surface area is 127 Å². The molecule has 0 spiro atoms. The van der Waals surface area contributed by atoms with Crippen LogP contribution in [0.15, 0.2) is 34.9 Å². The van der Waals surface area contributed by atoms with Crippen molar-refractivity contribution in [2.75, 3.05) is 4.90 Å². The first kappa shape index (κ1) is 13.8. The maximum absolute atomic E-state index is 12.0. The third-order valence-corrected chi connectivity index (χ3v) is 4.54. The van der Waals surface area contributed by atoms with Crippen molar-refractivity contribution < 1.29 is 9.21 Å². The molecule has 0 radical (unpaired) electrons. The Hall–Kier alpha value is -2.14. The Bertz CT molecular complexity index is 790. The molecule has 108 valence electrons. The SMILES string of the molecule is CC(=O)N(Cc1ccco1)c1nc2cc(C)cc(C)c2s1. The number of benzene rings is 1. The van der Waals surface area contributed by atoms with Crippen LogP contribution in [0.2, 0.25) is 0 Å². The summed E-state index contributed by atoms with van der Waals surface area (Å²) in [6.07, 6.45) is 1.61. The fourth-order valence-electron chi connectivity index (χ4n) is 2.35. The van der Waals surface area contributed by atoms with Gasteiger partial charge in [0, 0.05) is 6.92 Å². The molecule has 0 unspecified atom stereocenters. The second-order valence-corrected chi connectivity index (χ2v) is 6.09. The molecule has 0 atom stereocenters. The lowest BCUT2D eigenvalue weighted by molar-refractivity contribution is -0.116. The minimum atomic E-state index is -0.0418. The number of thiazole rings is 1. The highest BCUT2D eigenvalue weighted by Gasteiger charge is 2.18. The molecule has 3 rings (SSSR count). The van der Waals surface area contributed by atoms with Crippen LogP contribution in [-0.2, 0) is 11.3 Å². The third kappa shape index (κ3) is 2.69. The molecule has 0 N–H and O–H groups in total. The summed E-state index contributed by atoms with van der Waals surface area (Å²) in [5.74, 6) is 0.706. The van der Waals surface area contributed by atoms with Gasteiger partial charge in [-0.15, -0.1) is 0 Å². The molecule has 21 heavy (non-hydrogen) atoms. The van der Waals surface area contributed by atoms with Crippen molar-refractivity contribution in [3.63, 3.8) is 0 Å². The average Bonchev–Trinajstić information content (AvgIpc) is 3.03. The summed E-state index contributed by atoms with van der Waals surface area (Å²) >= 11 is 1.54. The summed E-state index contributed by atoms with van der Waals surface area (Å²) in [4.78, 5) is 18.2. The van der Waals surface area contributed by atoms with Crippen LogP contribution in [0.25, 0.3) is 10.2 Å². The van der Waals surface area contributed by atoms with Gasteiger partial charge < -0.3 is 4.42 Å². The Morgan fingerprint density at radius 1 is 1.38 bits per heavy atom. The number of carbonyl (C=O) groups excluding carboxylic acids is 1. The van der Waals surface area contributed by atoms with E-state index in [0.29, 0.717) is 11.7 Å². The van der Waals surface area contributed by atoms with Gasteiger partial charge in [0.25, 0.3) is 0 Å². The van der Waals surface area contributed by atoms with Crippen molar-refractivity contribution in [2.24, 2.45) is 0 Å². The van der Waals surface area contributed by atoms with Gasteiger partial charge in [0.1, 0.15) is 5.76 Å². The molecule has 0 saturated carbocycles. The first-order valence-electron chi connectivity index (χ1n) is 6.73. The van der Waals surface area contributed by atoms with Gasteiger partial charge in [-0.05, 0) is 43.2 Å². The standard InChI is InChI=1S/C16H16N2O2S/c1-10-7-11(2)15-14(8-10)17-16(21-15)18(12(3)19)9-13-5-4-6-20-13/h4-8H,9H2,1-3H3. The summed E-state index contributed by atoms with van der Waals surface area (Å²) in [6, 6.07) is 7.86. The maximum atomic E-state index is 12.0. The molecule has 0 aliphatic carbocycles. The van der Waals surface area contributed by atoms with Gasteiger partial charge in [-0.25, -0.2) is 4.98 Å². The van der Waals surface area contributed by atoms with Crippen LogP contribution in [0.3, 0.4) is 0 Å². The Morgan fingerprint density at radius 2 is 2.19 bits per heavy atom. The number of nitrogens with zero attached hydrogens (tertiary/aromatic N) is 2. The summed E-state index contributed by atoms with van der Waals surface area (Å²) in [5.41, 5.74) is 3.31. The number of aryl methyl sites for hydroxylation is 2. The first-order valence-corrected chi connectivity index (χ1v) is 7.54. The zero-order valence-corrected chi connectivity index (χ0v) is 13.0. The number of carbonyl (C=O) groups is 1. The van der Waals surface area contributed by atoms with Crippen LogP contribution in [-0.4, -0.2) is 10.9 Å². The van der Waals surface area contributed by atoms with Crippen molar-refractivity contribution in [2.45, 2.75) is 27.3 Å².